The molecule has 0 bridgehead atoms. The molecule has 0 radical (unpaired) electrons. The summed E-state index contributed by atoms with van der Waals surface area (Å²) in [5.74, 6) is 1.08. The number of nitrogens with one attached hydrogen (secondary N) is 2. The molecule has 7 nitrogen and oxygen atoms in total. The van der Waals surface area contributed by atoms with Gasteiger partial charge in [0.1, 0.15) is 0 Å². The number of nitrogens with zero attached hydrogens (tertiary/aromatic N) is 2. The first kappa shape index (κ1) is 13.0. The van der Waals surface area contributed by atoms with Crippen LogP contribution in [-0.4, -0.2) is 41.8 Å². The maximum absolute atomic E-state index is 11.6. The molecule has 0 saturated carbocycles. The van der Waals surface area contributed by atoms with Crippen LogP contribution >= 0.6 is 0 Å². The van der Waals surface area contributed by atoms with Crippen LogP contribution < -0.4 is 10.6 Å². The molecule has 1 amide bonds. The van der Waals surface area contributed by atoms with Crippen molar-refractivity contribution in [2.45, 2.75) is 32.4 Å². The standard InChI is InChI=1S/C11H18N4O3/c1-8-13-10(15-18-8)6-12-7-11(16)14-9-2-4-17-5-3-9/h9,12H,2-7H2,1H3,(H,14,16). The highest BCUT2D eigenvalue weighted by molar-refractivity contribution is 5.78. The first-order chi connectivity index (χ1) is 8.74. The van der Waals surface area contributed by atoms with Gasteiger partial charge in [0.2, 0.25) is 11.8 Å². The van der Waals surface area contributed by atoms with Gasteiger partial charge in [-0.2, -0.15) is 4.98 Å². The number of amides is 1. The number of carbonyl (C=O) groups excluding carboxylic acids is 1. The molecule has 2 N–H and O–H groups in total. The van der Waals surface area contributed by atoms with Crippen LogP contribution in [0.15, 0.2) is 4.52 Å². The number of carbonyl (C=O) groups is 1. The van der Waals surface area contributed by atoms with E-state index in [2.05, 4.69) is 20.8 Å². The Hall–Kier alpha value is -1.47. The van der Waals surface area contributed by atoms with Crippen molar-refractivity contribution < 1.29 is 14.1 Å². The van der Waals surface area contributed by atoms with Crippen molar-refractivity contribution in [3.05, 3.63) is 11.7 Å². The van der Waals surface area contributed by atoms with Gasteiger partial charge in [0.05, 0.1) is 13.1 Å². The zero-order valence-corrected chi connectivity index (χ0v) is 10.4. The molecular formula is C11H18N4O3. The second-order valence-electron chi connectivity index (χ2n) is 4.29. The molecule has 7 heteroatoms. The summed E-state index contributed by atoms with van der Waals surface area (Å²) < 4.78 is 10.1. The minimum Gasteiger partial charge on any atom is -0.381 e. The number of hydrogen-bond acceptors (Lipinski definition) is 6. The zero-order chi connectivity index (χ0) is 12.8. The molecule has 1 aromatic rings. The average Bonchev–Trinajstić information content (AvgIpc) is 2.76. The lowest BCUT2D eigenvalue weighted by Crippen LogP contribution is -2.42. The van der Waals surface area contributed by atoms with E-state index < -0.39 is 0 Å². The van der Waals surface area contributed by atoms with Gasteiger partial charge in [-0.15, -0.1) is 0 Å². The van der Waals surface area contributed by atoms with Crippen molar-refractivity contribution in [1.82, 2.24) is 20.8 Å². The Morgan fingerprint density at radius 2 is 2.22 bits per heavy atom. The largest absolute Gasteiger partial charge is 0.381 e. The molecular weight excluding hydrogens is 236 g/mol. The van der Waals surface area contributed by atoms with Crippen molar-refractivity contribution in [3.63, 3.8) is 0 Å². The second kappa shape index (κ2) is 6.46. The molecule has 1 aromatic heterocycles. The molecule has 18 heavy (non-hydrogen) atoms. The van der Waals surface area contributed by atoms with Crippen molar-refractivity contribution in [2.24, 2.45) is 0 Å². The van der Waals surface area contributed by atoms with E-state index in [1.807, 2.05) is 0 Å². The summed E-state index contributed by atoms with van der Waals surface area (Å²) in [6.45, 7) is 3.86. The minimum absolute atomic E-state index is 0.0119. The molecule has 2 rings (SSSR count). The van der Waals surface area contributed by atoms with Crippen LogP contribution in [0.3, 0.4) is 0 Å². The number of hydrogen-bond donors (Lipinski definition) is 2. The number of rotatable bonds is 5. The summed E-state index contributed by atoms with van der Waals surface area (Å²) in [4.78, 5) is 15.7. The van der Waals surface area contributed by atoms with Crippen LogP contribution in [0.1, 0.15) is 24.6 Å². The van der Waals surface area contributed by atoms with Crippen LogP contribution in [0.2, 0.25) is 0 Å². The number of aromatic nitrogens is 2. The van der Waals surface area contributed by atoms with Gasteiger partial charge in [-0.05, 0) is 12.8 Å². The molecule has 1 fully saturated rings. The molecule has 0 spiro atoms. The molecule has 1 aliphatic heterocycles. The molecule has 0 atom stereocenters. The van der Waals surface area contributed by atoms with Crippen LogP contribution in [0, 0.1) is 6.92 Å². The van der Waals surface area contributed by atoms with Crippen molar-refractivity contribution >= 4 is 5.91 Å². The fraction of sp³-hybridized carbons (Fsp3) is 0.727. The van der Waals surface area contributed by atoms with Crippen molar-refractivity contribution in [2.75, 3.05) is 19.8 Å². The molecule has 1 aliphatic rings. The summed E-state index contributed by atoms with van der Waals surface area (Å²) in [7, 11) is 0. The summed E-state index contributed by atoms with van der Waals surface area (Å²) in [6, 6.07) is 0.237. The van der Waals surface area contributed by atoms with Gasteiger partial charge in [0.15, 0.2) is 5.82 Å². The Kier molecular flexibility index (Phi) is 4.66. The van der Waals surface area contributed by atoms with Gasteiger partial charge in [-0.1, -0.05) is 5.16 Å². The predicted octanol–water partition coefficient (Wildman–Crippen LogP) is -0.237. The molecule has 0 aliphatic carbocycles. The van der Waals surface area contributed by atoms with Crippen LogP contribution in [0.25, 0.3) is 0 Å². The number of ether oxygens (including phenoxy) is 1. The average molecular weight is 254 g/mol. The Morgan fingerprint density at radius 3 is 2.89 bits per heavy atom. The highest BCUT2D eigenvalue weighted by atomic mass is 16.5. The van der Waals surface area contributed by atoms with E-state index in [1.165, 1.54) is 0 Å². The summed E-state index contributed by atoms with van der Waals surface area (Å²) in [5, 5.41) is 9.67. The third kappa shape index (κ3) is 4.08. The quantitative estimate of drug-likeness (QED) is 0.754. The Labute approximate surface area is 105 Å². The first-order valence-electron chi connectivity index (χ1n) is 6.11. The van der Waals surface area contributed by atoms with E-state index in [4.69, 9.17) is 9.26 Å². The molecule has 0 unspecified atom stereocenters. The van der Waals surface area contributed by atoms with E-state index in [0.717, 1.165) is 26.1 Å². The molecule has 100 valence electrons. The maximum Gasteiger partial charge on any atom is 0.234 e. The predicted molar refractivity (Wildman–Crippen MR) is 62.7 cm³/mol. The van der Waals surface area contributed by atoms with E-state index in [1.54, 1.807) is 6.92 Å². The zero-order valence-electron chi connectivity index (χ0n) is 10.4. The smallest absolute Gasteiger partial charge is 0.234 e. The van der Waals surface area contributed by atoms with Gasteiger partial charge in [-0.3, -0.25) is 4.79 Å². The normalized spacial score (nSPS) is 16.7. The second-order valence-corrected chi connectivity index (χ2v) is 4.29. The highest BCUT2D eigenvalue weighted by Crippen LogP contribution is 2.05. The summed E-state index contributed by atoms with van der Waals surface area (Å²) >= 11 is 0. The third-order valence-electron chi connectivity index (χ3n) is 2.72. The lowest BCUT2D eigenvalue weighted by atomic mass is 10.1. The number of aryl methyl sites for hydroxylation is 1. The topological polar surface area (TPSA) is 89.3 Å². The van der Waals surface area contributed by atoms with Gasteiger partial charge in [0, 0.05) is 26.2 Å². The maximum atomic E-state index is 11.6. The van der Waals surface area contributed by atoms with Crippen LogP contribution in [-0.2, 0) is 16.1 Å². The Morgan fingerprint density at radius 1 is 1.44 bits per heavy atom. The fourth-order valence-corrected chi connectivity index (χ4v) is 1.82. The summed E-state index contributed by atoms with van der Waals surface area (Å²) in [5.41, 5.74) is 0. The van der Waals surface area contributed by atoms with Crippen molar-refractivity contribution in [1.29, 1.82) is 0 Å². The van der Waals surface area contributed by atoms with Crippen molar-refractivity contribution in [3.8, 4) is 0 Å². The first-order valence-corrected chi connectivity index (χ1v) is 6.11. The lowest BCUT2D eigenvalue weighted by molar-refractivity contribution is -0.121. The van der Waals surface area contributed by atoms with Gasteiger partial charge in [0.25, 0.3) is 0 Å². The third-order valence-corrected chi connectivity index (χ3v) is 2.72. The minimum atomic E-state index is -0.0119. The highest BCUT2D eigenvalue weighted by Gasteiger charge is 2.15. The lowest BCUT2D eigenvalue weighted by Gasteiger charge is -2.23. The van der Waals surface area contributed by atoms with Crippen LogP contribution in [0.5, 0.6) is 0 Å². The molecule has 0 aromatic carbocycles. The molecule has 2 heterocycles. The Bertz CT molecular complexity index is 387. The SMILES string of the molecule is Cc1nc(CNCC(=O)NC2CCOCC2)no1. The van der Waals surface area contributed by atoms with E-state index in [0.29, 0.717) is 18.3 Å². The summed E-state index contributed by atoms with van der Waals surface area (Å²) in [6.07, 6.45) is 1.77. The van der Waals surface area contributed by atoms with E-state index in [9.17, 15) is 4.79 Å². The molecule has 1 saturated heterocycles. The fourth-order valence-electron chi connectivity index (χ4n) is 1.82. The van der Waals surface area contributed by atoms with Gasteiger partial charge >= 0.3 is 0 Å². The Balaban J connectivity index is 1.62. The monoisotopic (exact) mass is 254 g/mol. The van der Waals surface area contributed by atoms with Gasteiger partial charge < -0.3 is 19.9 Å². The van der Waals surface area contributed by atoms with E-state index in [-0.39, 0.29) is 18.5 Å². The van der Waals surface area contributed by atoms with E-state index >= 15 is 0 Å². The van der Waals surface area contributed by atoms with Crippen LogP contribution in [0.4, 0.5) is 0 Å². The van der Waals surface area contributed by atoms with Gasteiger partial charge in [-0.25, -0.2) is 0 Å².